The number of hydrogen-bond acceptors (Lipinski definition) is 4. The molecule has 7 heteroatoms. The van der Waals surface area contributed by atoms with Crippen molar-refractivity contribution in [1.29, 1.82) is 0 Å². The summed E-state index contributed by atoms with van der Waals surface area (Å²) in [5.41, 5.74) is 6.98. The molecule has 1 aromatic rings. The molecule has 2 rings (SSSR count). The van der Waals surface area contributed by atoms with Crippen LogP contribution in [0, 0.1) is 5.82 Å². The predicted octanol–water partition coefficient (Wildman–Crippen LogP) is 1.08. The van der Waals surface area contributed by atoms with Crippen molar-refractivity contribution in [2.45, 2.75) is 19.5 Å². The van der Waals surface area contributed by atoms with Gasteiger partial charge in [-0.1, -0.05) is 12.2 Å². The number of nitrogens with zero attached hydrogens (tertiary/aromatic N) is 1. The molecule has 4 nitrogen and oxygen atoms in total. The van der Waals surface area contributed by atoms with Gasteiger partial charge in [0.25, 0.3) is 0 Å². The van der Waals surface area contributed by atoms with Crippen molar-refractivity contribution in [3.63, 3.8) is 0 Å². The summed E-state index contributed by atoms with van der Waals surface area (Å²) in [6, 6.07) is 4.20. The van der Waals surface area contributed by atoms with E-state index in [0.29, 0.717) is 24.2 Å². The summed E-state index contributed by atoms with van der Waals surface area (Å²) in [6.45, 7) is 2.74. The molecule has 1 atom stereocenters. The summed E-state index contributed by atoms with van der Waals surface area (Å²) < 4.78 is 36.5. The van der Waals surface area contributed by atoms with Crippen molar-refractivity contribution < 1.29 is 12.8 Å². The summed E-state index contributed by atoms with van der Waals surface area (Å²) >= 11 is 4.97. The van der Waals surface area contributed by atoms with Gasteiger partial charge < -0.3 is 5.73 Å². The lowest BCUT2D eigenvalue weighted by atomic mass is 10.1. The maximum atomic E-state index is 13.4. The average molecular weight is 316 g/mol. The van der Waals surface area contributed by atoms with Gasteiger partial charge in [0.05, 0.1) is 11.5 Å². The molecule has 1 aromatic carbocycles. The van der Waals surface area contributed by atoms with Crippen LogP contribution in [-0.4, -0.2) is 42.4 Å². The Hall–Kier alpha value is -1.05. The Bertz CT molecular complexity index is 631. The fraction of sp³-hybridized carbons (Fsp3) is 0.462. The van der Waals surface area contributed by atoms with Crippen LogP contribution in [-0.2, 0) is 16.4 Å². The predicted molar refractivity (Wildman–Crippen MR) is 80.8 cm³/mol. The molecule has 110 valence electrons. The van der Waals surface area contributed by atoms with Gasteiger partial charge in [0.15, 0.2) is 9.84 Å². The summed E-state index contributed by atoms with van der Waals surface area (Å²) in [5, 5.41) is 0. The van der Waals surface area contributed by atoms with E-state index in [0.717, 1.165) is 0 Å². The van der Waals surface area contributed by atoms with Gasteiger partial charge in [-0.05, 0) is 30.7 Å². The van der Waals surface area contributed by atoms with Gasteiger partial charge in [0.2, 0.25) is 0 Å². The van der Waals surface area contributed by atoms with Gasteiger partial charge in [-0.3, -0.25) is 4.90 Å². The molecular formula is C13H17FN2O2S2. The first kappa shape index (κ1) is 15.3. The van der Waals surface area contributed by atoms with Crippen molar-refractivity contribution in [2.75, 3.05) is 18.1 Å². The number of benzene rings is 1. The van der Waals surface area contributed by atoms with E-state index >= 15 is 0 Å². The van der Waals surface area contributed by atoms with Crippen LogP contribution < -0.4 is 5.73 Å². The number of thiocarbonyl (C=S) groups is 1. The first-order valence-corrected chi connectivity index (χ1v) is 8.54. The quantitative estimate of drug-likeness (QED) is 0.846. The first-order valence-electron chi connectivity index (χ1n) is 6.31. The van der Waals surface area contributed by atoms with Crippen LogP contribution in [0.15, 0.2) is 18.2 Å². The third-order valence-corrected chi connectivity index (χ3v) is 5.53. The van der Waals surface area contributed by atoms with Crippen molar-refractivity contribution in [3.8, 4) is 0 Å². The molecule has 1 fully saturated rings. The van der Waals surface area contributed by atoms with E-state index in [-0.39, 0.29) is 28.4 Å². The van der Waals surface area contributed by atoms with Gasteiger partial charge in [0.1, 0.15) is 10.8 Å². The summed E-state index contributed by atoms with van der Waals surface area (Å²) in [6.07, 6.45) is 0. The highest BCUT2D eigenvalue weighted by Crippen LogP contribution is 2.19. The Kier molecular flexibility index (Phi) is 4.41. The maximum absolute atomic E-state index is 13.4. The zero-order valence-electron chi connectivity index (χ0n) is 11.2. The van der Waals surface area contributed by atoms with Gasteiger partial charge in [-0.15, -0.1) is 0 Å². The minimum Gasteiger partial charge on any atom is -0.389 e. The molecule has 1 aliphatic heterocycles. The maximum Gasteiger partial charge on any atom is 0.153 e. The van der Waals surface area contributed by atoms with Crippen LogP contribution in [0.25, 0.3) is 0 Å². The van der Waals surface area contributed by atoms with Crippen LogP contribution in [0.1, 0.15) is 18.1 Å². The first-order chi connectivity index (χ1) is 9.28. The molecule has 0 saturated carbocycles. The molecule has 1 saturated heterocycles. The summed E-state index contributed by atoms with van der Waals surface area (Å²) in [7, 11) is -2.96. The minimum atomic E-state index is -2.96. The van der Waals surface area contributed by atoms with Crippen LogP contribution in [0.3, 0.4) is 0 Å². The second-order valence-electron chi connectivity index (χ2n) is 5.10. The van der Waals surface area contributed by atoms with Crippen LogP contribution >= 0.6 is 12.2 Å². The topological polar surface area (TPSA) is 63.4 Å². The van der Waals surface area contributed by atoms with E-state index in [4.69, 9.17) is 18.0 Å². The highest BCUT2D eigenvalue weighted by molar-refractivity contribution is 7.91. The molecule has 0 amide bonds. The van der Waals surface area contributed by atoms with Crippen molar-refractivity contribution in [1.82, 2.24) is 4.90 Å². The molecule has 0 aromatic heterocycles. The number of halogens is 1. The highest BCUT2D eigenvalue weighted by Gasteiger charge is 2.28. The number of sulfone groups is 1. The Morgan fingerprint density at radius 2 is 2.25 bits per heavy atom. The van der Waals surface area contributed by atoms with E-state index in [1.807, 2.05) is 11.8 Å². The Morgan fingerprint density at radius 1 is 1.55 bits per heavy atom. The standard InChI is InChI=1S/C13H17FN2O2S2/c1-9-8-20(17,18)5-4-16(9)7-10-6-11(14)2-3-12(10)13(15)19/h2-3,6,9H,4-5,7-8H2,1H3,(H2,15,19). The molecule has 0 aliphatic carbocycles. The number of nitrogens with two attached hydrogens (primary N) is 1. The number of rotatable bonds is 3. The van der Waals surface area contributed by atoms with Crippen molar-refractivity contribution in [3.05, 3.63) is 35.1 Å². The molecule has 20 heavy (non-hydrogen) atoms. The lowest BCUT2D eigenvalue weighted by Gasteiger charge is -2.33. The molecule has 0 spiro atoms. The van der Waals surface area contributed by atoms with Crippen LogP contribution in [0.5, 0.6) is 0 Å². The van der Waals surface area contributed by atoms with E-state index in [1.165, 1.54) is 12.1 Å². The Labute approximate surface area is 123 Å². The second kappa shape index (κ2) is 5.75. The van der Waals surface area contributed by atoms with E-state index in [2.05, 4.69) is 0 Å². The zero-order chi connectivity index (χ0) is 14.9. The SMILES string of the molecule is CC1CS(=O)(=O)CCN1Cc1cc(F)ccc1C(N)=S. The van der Waals surface area contributed by atoms with Crippen molar-refractivity contribution in [2.24, 2.45) is 5.73 Å². The van der Waals surface area contributed by atoms with E-state index in [9.17, 15) is 12.8 Å². The third kappa shape index (κ3) is 3.53. The van der Waals surface area contributed by atoms with E-state index < -0.39 is 9.84 Å². The highest BCUT2D eigenvalue weighted by atomic mass is 32.2. The van der Waals surface area contributed by atoms with Crippen molar-refractivity contribution >= 4 is 27.0 Å². The Balaban J connectivity index is 2.22. The smallest absolute Gasteiger partial charge is 0.153 e. The monoisotopic (exact) mass is 316 g/mol. The molecule has 1 unspecified atom stereocenters. The van der Waals surface area contributed by atoms with Crippen LogP contribution in [0.4, 0.5) is 4.39 Å². The molecular weight excluding hydrogens is 299 g/mol. The Morgan fingerprint density at radius 3 is 2.85 bits per heavy atom. The molecule has 0 bridgehead atoms. The van der Waals surface area contributed by atoms with Gasteiger partial charge in [-0.2, -0.15) is 0 Å². The molecule has 1 aliphatic rings. The second-order valence-corrected chi connectivity index (χ2v) is 7.77. The normalized spacial score (nSPS) is 22.6. The lowest BCUT2D eigenvalue weighted by Crippen LogP contribution is -2.46. The van der Waals surface area contributed by atoms with E-state index in [1.54, 1.807) is 6.07 Å². The summed E-state index contributed by atoms with van der Waals surface area (Å²) in [4.78, 5) is 2.23. The van der Waals surface area contributed by atoms with Gasteiger partial charge in [-0.25, -0.2) is 12.8 Å². The largest absolute Gasteiger partial charge is 0.389 e. The molecule has 2 N–H and O–H groups in total. The average Bonchev–Trinajstić information content (AvgIpc) is 2.32. The fourth-order valence-electron chi connectivity index (χ4n) is 2.42. The minimum absolute atomic E-state index is 0.101. The summed E-state index contributed by atoms with van der Waals surface area (Å²) in [5.74, 6) is -0.0861. The molecule has 1 heterocycles. The molecule has 0 radical (unpaired) electrons. The van der Waals surface area contributed by atoms with Crippen LogP contribution in [0.2, 0.25) is 0 Å². The lowest BCUT2D eigenvalue weighted by molar-refractivity contribution is 0.218. The number of hydrogen-bond donors (Lipinski definition) is 1. The zero-order valence-corrected chi connectivity index (χ0v) is 12.8. The van der Waals surface area contributed by atoms with Gasteiger partial charge >= 0.3 is 0 Å². The third-order valence-electron chi connectivity index (χ3n) is 3.51. The fourth-order valence-corrected chi connectivity index (χ4v) is 4.24. The van der Waals surface area contributed by atoms with Gasteiger partial charge in [0, 0.05) is 24.7 Å².